The van der Waals surface area contributed by atoms with Gasteiger partial charge in [0.15, 0.2) is 0 Å². The van der Waals surface area contributed by atoms with Crippen molar-refractivity contribution >= 4 is 0 Å². The fourth-order valence-electron chi connectivity index (χ4n) is 2.25. The lowest BCUT2D eigenvalue weighted by molar-refractivity contribution is 0.607. The van der Waals surface area contributed by atoms with Crippen LogP contribution in [-0.2, 0) is 12.8 Å². The van der Waals surface area contributed by atoms with Crippen LogP contribution in [0.3, 0.4) is 0 Å². The zero-order valence-corrected chi connectivity index (χ0v) is 11.3. The van der Waals surface area contributed by atoms with Gasteiger partial charge in [-0.2, -0.15) is 0 Å². The van der Waals surface area contributed by atoms with Crippen LogP contribution in [0.1, 0.15) is 27.8 Å². The number of hydrogen-bond acceptors (Lipinski definition) is 0. The smallest absolute Gasteiger partial charge is 0.126 e. The molecule has 0 fully saturated rings. The van der Waals surface area contributed by atoms with E-state index in [-0.39, 0.29) is 5.82 Å². The molecule has 0 saturated carbocycles. The van der Waals surface area contributed by atoms with E-state index in [1.54, 1.807) is 6.07 Å². The molecular formula is C17H19F. The zero-order chi connectivity index (χ0) is 13.1. The number of aryl methyl sites for hydroxylation is 5. The van der Waals surface area contributed by atoms with Crippen LogP contribution in [0.4, 0.5) is 4.39 Å². The van der Waals surface area contributed by atoms with Crippen molar-refractivity contribution in [2.75, 3.05) is 0 Å². The van der Waals surface area contributed by atoms with E-state index in [9.17, 15) is 4.39 Å². The predicted octanol–water partition coefficient (Wildman–Crippen LogP) is 4.54. The summed E-state index contributed by atoms with van der Waals surface area (Å²) in [6.07, 6.45) is 1.65. The van der Waals surface area contributed by atoms with E-state index in [1.165, 1.54) is 16.7 Å². The molecule has 2 rings (SSSR count). The maximum absolute atomic E-state index is 13.7. The molecule has 0 amide bonds. The third-order valence-electron chi connectivity index (χ3n) is 3.37. The lowest BCUT2D eigenvalue weighted by Gasteiger charge is -2.08. The third-order valence-corrected chi connectivity index (χ3v) is 3.37. The van der Waals surface area contributed by atoms with Gasteiger partial charge < -0.3 is 0 Å². The monoisotopic (exact) mass is 242 g/mol. The molecule has 1 heteroatoms. The van der Waals surface area contributed by atoms with Gasteiger partial charge in [-0.1, -0.05) is 35.9 Å². The van der Waals surface area contributed by atoms with Crippen molar-refractivity contribution in [3.05, 3.63) is 70.0 Å². The first-order valence-electron chi connectivity index (χ1n) is 6.37. The Labute approximate surface area is 108 Å². The molecule has 0 aromatic heterocycles. The Bertz CT molecular complexity index is 504. The van der Waals surface area contributed by atoms with Crippen LogP contribution in [0.2, 0.25) is 0 Å². The normalized spacial score (nSPS) is 10.7. The van der Waals surface area contributed by atoms with Gasteiger partial charge in [-0.3, -0.25) is 0 Å². The molecule has 0 radical (unpaired) electrons. The van der Waals surface area contributed by atoms with Crippen molar-refractivity contribution in [1.82, 2.24) is 0 Å². The van der Waals surface area contributed by atoms with Crippen LogP contribution < -0.4 is 0 Å². The Morgan fingerprint density at radius 3 is 1.94 bits per heavy atom. The quantitative estimate of drug-likeness (QED) is 0.741. The lowest BCUT2D eigenvalue weighted by atomic mass is 9.98. The molecule has 0 heterocycles. The fourth-order valence-corrected chi connectivity index (χ4v) is 2.25. The Morgan fingerprint density at radius 2 is 1.33 bits per heavy atom. The minimum atomic E-state index is -0.0836. The summed E-state index contributed by atoms with van der Waals surface area (Å²) in [6, 6.07) is 11.9. The molecule has 18 heavy (non-hydrogen) atoms. The summed E-state index contributed by atoms with van der Waals surface area (Å²) in [6.45, 7) is 6.13. The maximum atomic E-state index is 13.7. The molecule has 0 aliphatic heterocycles. The number of hydrogen-bond donors (Lipinski definition) is 0. The van der Waals surface area contributed by atoms with Gasteiger partial charge >= 0.3 is 0 Å². The molecule has 0 nitrogen and oxygen atoms in total. The second-order valence-electron chi connectivity index (χ2n) is 5.02. The van der Waals surface area contributed by atoms with E-state index >= 15 is 0 Å². The zero-order valence-electron chi connectivity index (χ0n) is 11.3. The van der Waals surface area contributed by atoms with Crippen LogP contribution in [0, 0.1) is 26.6 Å². The van der Waals surface area contributed by atoms with Gasteiger partial charge in [0.25, 0.3) is 0 Å². The number of benzene rings is 2. The van der Waals surface area contributed by atoms with Gasteiger partial charge in [0.2, 0.25) is 0 Å². The molecule has 2 aromatic carbocycles. The molecule has 0 unspecified atom stereocenters. The average Bonchev–Trinajstić information content (AvgIpc) is 2.30. The van der Waals surface area contributed by atoms with Crippen LogP contribution in [0.15, 0.2) is 36.4 Å². The molecular weight excluding hydrogens is 223 g/mol. The molecule has 0 bridgehead atoms. The minimum Gasteiger partial charge on any atom is -0.207 e. The first kappa shape index (κ1) is 12.8. The first-order valence-corrected chi connectivity index (χ1v) is 6.37. The van der Waals surface area contributed by atoms with Crippen LogP contribution >= 0.6 is 0 Å². The van der Waals surface area contributed by atoms with E-state index in [2.05, 4.69) is 32.0 Å². The predicted molar refractivity (Wildman–Crippen MR) is 74.5 cm³/mol. The molecule has 0 aliphatic carbocycles. The lowest BCUT2D eigenvalue weighted by Crippen LogP contribution is -1.97. The minimum absolute atomic E-state index is 0.0836. The molecule has 94 valence electrons. The van der Waals surface area contributed by atoms with Crippen molar-refractivity contribution < 1.29 is 4.39 Å². The van der Waals surface area contributed by atoms with E-state index < -0.39 is 0 Å². The van der Waals surface area contributed by atoms with Gasteiger partial charge in [0.05, 0.1) is 0 Å². The highest BCUT2D eigenvalue weighted by Gasteiger charge is 2.04. The van der Waals surface area contributed by atoms with Gasteiger partial charge in [-0.25, -0.2) is 4.39 Å². The summed E-state index contributed by atoms with van der Waals surface area (Å²) in [5.74, 6) is -0.0836. The Balaban J connectivity index is 2.11. The molecule has 0 saturated heterocycles. The van der Waals surface area contributed by atoms with Gasteiger partial charge in [-0.15, -0.1) is 0 Å². The van der Waals surface area contributed by atoms with Crippen molar-refractivity contribution in [2.45, 2.75) is 33.6 Å². The summed E-state index contributed by atoms with van der Waals surface area (Å²) in [5.41, 5.74) is 5.66. The Kier molecular flexibility index (Phi) is 3.81. The van der Waals surface area contributed by atoms with Gasteiger partial charge in [0.1, 0.15) is 5.82 Å². The summed E-state index contributed by atoms with van der Waals surface area (Å²) < 4.78 is 13.7. The second-order valence-corrected chi connectivity index (χ2v) is 5.02. The number of halogens is 1. The van der Waals surface area contributed by atoms with E-state index in [4.69, 9.17) is 0 Å². The van der Waals surface area contributed by atoms with E-state index in [0.717, 1.165) is 24.0 Å². The topological polar surface area (TPSA) is 0 Å². The van der Waals surface area contributed by atoms with Crippen LogP contribution in [0.5, 0.6) is 0 Å². The van der Waals surface area contributed by atoms with E-state index in [1.807, 2.05) is 19.1 Å². The summed E-state index contributed by atoms with van der Waals surface area (Å²) in [4.78, 5) is 0. The molecule has 0 aliphatic rings. The summed E-state index contributed by atoms with van der Waals surface area (Å²) in [5, 5.41) is 0. The van der Waals surface area contributed by atoms with Gasteiger partial charge in [0, 0.05) is 0 Å². The van der Waals surface area contributed by atoms with E-state index in [0.29, 0.717) is 0 Å². The summed E-state index contributed by atoms with van der Waals surface area (Å²) in [7, 11) is 0. The average molecular weight is 242 g/mol. The van der Waals surface area contributed by atoms with Crippen LogP contribution in [0.25, 0.3) is 0 Å². The van der Waals surface area contributed by atoms with Crippen molar-refractivity contribution in [3.8, 4) is 0 Å². The largest absolute Gasteiger partial charge is 0.207 e. The van der Waals surface area contributed by atoms with Gasteiger partial charge in [-0.05, 0) is 61.9 Å². The SMILES string of the molecule is Cc1ccc(CCc2ccc(C)cc2F)c(C)c1. The Morgan fingerprint density at radius 1 is 0.778 bits per heavy atom. The highest BCUT2D eigenvalue weighted by molar-refractivity contribution is 5.32. The Hall–Kier alpha value is -1.63. The number of rotatable bonds is 3. The first-order chi connectivity index (χ1) is 8.56. The van der Waals surface area contributed by atoms with Crippen LogP contribution in [-0.4, -0.2) is 0 Å². The maximum Gasteiger partial charge on any atom is 0.126 e. The highest BCUT2D eigenvalue weighted by atomic mass is 19.1. The molecule has 0 spiro atoms. The standard InChI is InChI=1S/C17H19F/c1-12-4-6-15(14(3)10-12)8-9-16-7-5-13(2)11-17(16)18/h4-7,10-11H,8-9H2,1-3H3. The highest BCUT2D eigenvalue weighted by Crippen LogP contribution is 2.16. The molecule has 0 N–H and O–H groups in total. The molecule has 0 atom stereocenters. The van der Waals surface area contributed by atoms with Crippen molar-refractivity contribution in [1.29, 1.82) is 0 Å². The summed E-state index contributed by atoms with van der Waals surface area (Å²) >= 11 is 0. The van der Waals surface area contributed by atoms with Crippen molar-refractivity contribution in [3.63, 3.8) is 0 Å². The third kappa shape index (κ3) is 2.98. The van der Waals surface area contributed by atoms with Crippen molar-refractivity contribution in [2.24, 2.45) is 0 Å². The fraction of sp³-hybridized carbons (Fsp3) is 0.294. The molecule has 2 aromatic rings. The second kappa shape index (κ2) is 5.34.